The number of ether oxygens (including phenoxy) is 1. The van der Waals surface area contributed by atoms with Crippen LogP contribution in [0, 0.1) is 0 Å². The Labute approximate surface area is 202 Å². The molecule has 0 saturated carbocycles. The van der Waals surface area contributed by atoms with Gasteiger partial charge in [-0.25, -0.2) is 9.36 Å². The Morgan fingerprint density at radius 2 is 1.78 bits per heavy atom. The summed E-state index contributed by atoms with van der Waals surface area (Å²) in [6, 6.07) is 14.6. The molecule has 5 rings (SSSR count). The van der Waals surface area contributed by atoms with Crippen molar-refractivity contribution in [3.63, 3.8) is 0 Å². The molecule has 0 amide bonds. The molecular weight excluding hydrogens is 512 g/mol. The predicted octanol–water partition coefficient (Wildman–Crippen LogP) is 5.53. The van der Waals surface area contributed by atoms with Crippen LogP contribution in [0.25, 0.3) is 15.9 Å². The summed E-state index contributed by atoms with van der Waals surface area (Å²) in [5.74, 6) is 0. The van der Waals surface area contributed by atoms with Gasteiger partial charge in [0.1, 0.15) is 4.83 Å². The second-order valence-electron chi connectivity index (χ2n) is 8.52. The molecule has 8 heteroatoms. The molecule has 1 aliphatic rings. The lowest BCUT2D eigenvalue weighted by molar-refractivity contribution is -0.0379. The molecule has 0 fully saturated rings. The molecule has 0 radical (unpaired) electrons. The van der Waals surface area contributed by atoms with Crippen molar-refractivity contribution in [2.24, 2.45) is 0 Å². The third-order valence-corrected chi connectivity index (χ3v) is 7.70. The van der Waals surface area contributed by atoms with Gasteiger partial charge in [-0.05, 0) is 61.4 Å². The van der Waals surface area contributed by atoms with Crippen molar-refractivity contribution in [3.8, 4) is 5.69 Å². The average molecular weight is 532 g/mol. The number of thiophene rings is 1. The van der Waals surface area contributed by atoms with Gasteiger partial charge in [0.05, 0.1) is 29.8 Å². The Balaban J connectivity index is 1.82. The van der Waals surface area contributed by atoms with Crippen LogP contribution in [0.1, 0.15) is 29.9 Å². The first-order valence-electron chi connectivity index (χ1n) is 10.2. The normalized spacial score (nSPS) is 15.1. The first-order valence-corrected chi connectivity index (χ1v) is 12.2. The van der Waals surface area contributed by atoms with Gasteiger partial charge in [-0.15, -0.1) is 11.3 Å². The van der Waals surface area contributed by atoms with Crippen molar-refractivity contribution < 1.29 is 4.74 Å². The molecule has 5 nitrogen and oxygen atoms in total. The molecule has 2 aromatic carbocycles. The van der Waals surface area contributed by atoms with Crippen molar-refractivity contribution >= 4 is 49.1 Å². The molecule has 0 unspecified atom stereocenters. The van der Waals surface area contributed by atoms with Gasteiger partial charge in [-0.3, -0.25) is 9.36 Å². The van der Waals surface area contributed by atoms with Gasteiger partial charge in [-0.2, -0.15) is 0 Å². The van der Waals surface area contributed by atoms with Crippen molar-refractivity contribution in [3.05, 3.63) is 94.9 Å². The zero-order chi connectivity index (χ0) is 22.6. The number of halogens is 2. The van der Waals surface area contributed by atoms with Crippen LogP contribution in [0.4, 0.5) is 0 Å². The summed E-state index contributed by atoms with van der Waals surface area (Å²) in [5.41, 5.74) is 1.42. The van der Waals surface area contributed by atoms with Gasteiger partial charge in [0.25, 0.3) is 5.56 Å². The summed E-state index contributed by atoms with van der Waals surface area (Å²) >= 11 is 11.0. The van der Waals surface area contributed by atoms with E-state index in [-0.39, 0.29) is 16.9 Å². The van der Waals surface area contributed by atoms with E-state index in [0.717, 1.165) is 20.5 Å². The smallest absolute Gasteiger partial charge is 0.337 e. The Morgan fingerprint density at radius 3 is 2.47 bits per heavy atom. The van der Waals surface area contributed by atoms with E-state index in [9.17, 15) is 9.59 Å². The van der Waals surface area contributed by atoms with Crippen molar-refractivity contribution in [1.82, 2.24) is 9.13 Å². The lowest BCUT2D eigenvalue weighted by Gasteiger charge is -2.29. The summed E-state index contributed by atoms with van der Waals surface area (Å²) < 4.78 is 9.91. The second kappa shape index (κ2) is 7.99. The van der Waals surface area contributed by atoms with Crippen LogP contribution in [0.15, 0.2) is 62.6 Å². The van der Waals surface area contributed by atoms with Crippen molar-refractivity contribution in [2.45, 2.75) is 39.0 Å². The largest absolute Gasteiger partial charge is 0.370 e. The Kier molecular flexibility index (Phi) is 5.40. The molecule has 1 aliphatic heterocycles. The van der Waals surface area contributed by atoms with E-state index in [2.05, 4.69) is 15.9 Å². The third kappa shape index (κ3) is 3.77. The molecule has 0 atom stereocenters. The molecular formula is C24H20BrClN2O3S. The van der Waals surface area contributed by atoms with Crippen LogP contribution < -0.4 is 11.2 Å². The third-order valence-electron chi connectivity index (χ3n) is 5.69. The summed E-state index contributed by atoms with van der Waals surface area (Å²) in [5, 5.41) is 1.15. The van der Waals surface area contributed by atoms with Gasteiger partial charge in [0.15, 0.2) is 0 Å². The maximum absolute atomic E-state index is 13.7. The van der Waals surface area contributed by atoms with E-state index in [1.165, 1.54) is 15.9 Å². The minimum absolute atomic E-state index is 0.297. The van der Waals surface area contributed by atoms with Crippen molar-refractivity contribution in [2.75, 3.05) is 0 Å². The minimum atomic E-state index is -0.370. The first-order chi connectivity index (χ1) is 15.2. The fourth-order valence-corrected chi connectivity index (χ4v) is 5.69. The maximum atomic E-state index is 13.7. The number of hydrogen-bond donors (Lipinski definition) is 0. The summed E-state index contributed by atoms with van der Waals surface area (Å²) in [7, 11) is 0. The second-order valence-corrected chi connectivity index (χ2v) is 11.0. The Morgan fingerprint density at radius 1 is 1.09 bits per heavy atom. The fraction of sp³-hybridized carbons (Fsp3) is 0.250. The van der Waals surface area contributed by atoms with Crippen LogP contribution in [0.3, 0.4) is 0 Å². The minimum Gasteiger partial charge on any atom is -0.370 e. The fourth-order valence-electron chi connectivity index (χ4n) is 4.09. The number of aromatic nitrogens is 2. The highest BCUT2D eigenvalue weighted by Gasteiger charge is 2.32. The highest BCUT2D eigenvalue weighted by molar-refractivity contribution is 9.10. The van der Waals surface area contributed by atoms with E-state index in [0.29, 0.717) is 40.5 Å². The molecule has 3 heterocycles. The lowest BCUT2D eigenvalue weighted by Crippen LogP contribution is -2.39. The zero-order valence-corrected chi connectivity index (χ0v) is 20.7. The topological polar surface area (TPSA) is 53.2 Å². The molecule has 0 bridgehead atoms. The van der Waals surface area contributed by atoms with Crippen LogP contribution in [0.5, 0.6) is 0 Å². The average Bonchev–Trinajstić information content (AvgIpc) is 3.11. The van der Waals surface area contributed by atoms with E-state index in [4.69, 9.17) is 16.3 Å². The SMILES string of the molecule is CC1(C)Cc2c(sc3c2c(=O)n(-c2ccc(Cl)cc2)c(=O)n3Cc2ccc(Br)cc2)CO1. The molecule has 0 aliphatic carbocycles. The molecule has 4 aromatic rings. The Bertz CT molecular complexity index is 1450. The molecule has 0 saturated heterocycles. The van der Waals surface area contributed by atoms with E-state index < -0.39 is 0 Å². The van der Waals surface area contributed by atoms with Crippen LogP contribution in [-0.4, -0.2) is 14.7 Å². The van der Waals surface area contributed by atoms with E-state index >= 15 is 0 Å². The number of nitrogens with zero attached hydrogens (tertiary/aromatic N) is 2. The number of rotatable bonds is 3. The Hall–Kier alpha value is -2.19. The molecule has 0 N–H and O–H groups in total. The van der Waals surface area contributed by atoms with Crippen molar-refractivity contribution in [1.29, 1.82) is 0 Å². The van der Waals surface area contributed by atoms with Crippen LogP contribution >= 0.6 is 38.9 Å². The maximum Gasteiger partial charge on any atom is 0.337 e. The first kappa shape index (κ1) is 21.6. The standard InChI is InChI=1S/C24H20BrClN2O3S/c1-24(2)11-18-19(13-31-24)32-22-20(18)21(29)28(17-9-7-16(26)8-10-17)23(30)27(22)12-14-3-5-15(25)6-4-14/h3-10H,11-13H2,1-2H3. The van der Waals surface area contributed by atoms with E-state index in [1.54, 1.807) is 28.8 Å². The highest BCUT2D eigenvalue weighted by atomic mass is 79.9. The van der Waals surface area contributed by atoms with Gasteiger partial charge < -0.3 is 4.74 Å². The highest BCUT2D eigenvalue weighted by Crippen LogP contribution is 2.37. The van der Waals surface area contributed by atoms with Gasteiger partial charge in [0.2, 0.25) is 0 Å². The number of hydrogen-bond acceptors (Lipinski definition) is 4. The summed E-state index contributed by atoms with van der Waals surface area (Å²) in [4.78, 5) is 29.1. The monoisotopic (exact) mass is 530 g/mol. The van der Waals surface area contributed by atoms with Gasteiger partial charge >= 0.3 is 5.69 Å². The summed E-state index contributed by atoms with van der Waals surface area (Å²) in [6.07, 6.45) is 0.620. The quantitative estimate of drug-likeness (QED) is 0.349. The molecule has 32 heavy (non-hydrogen) atoms. The van der Waals surface area contributed by atoms with Gasteiger partial charge in [0, 0.05) is 20.8 Å². The van der Waals surface area contributed by atoms with Gasteiger partial charge in [-0.1, -0.05) is 39.7 Å². The predicted molar refractivity (Wildman–Crippen MR) is 133 cm³/mol. The molecule has 2 aromatic heterocycles. The molecule has 164 valence electrons. The molecule has 0 spiro atoms. The van der Waals surface area contributed by atoms with Crippen LogP contribution in [0.2, 0.25) is 5.02 Å². The number of benzene rings is 2. The lowest BCUT2D eigenvalue weighted by atomic mass is 9.94. The van der Waals surface area contributed by atoms with E-state index in [1.807, 2.05) is 38.1 Å². The summed E-state index contributed by atoms with van der Waals surface area (Å²) in [6.45, 7) is 4.85. The zero-order valence-electron chi connectivity index (χ0n) is 17.5. The van der Waals surface area contributed by atoms with Crippen LogP contribution in [-0.2, 0) is 24.3 Å². The number of fused-ring (bicyclic) bond motifs is 3.